The number of aromatic nitrogens is 3. The number of imidazole rings is 1. The molecule has 0 fully saturated rings. The first kappa shape index (κ1) is 12.6. The normalized spacial score (nSPS) is 11.7. The Morgan fingerprint density at radius 2 is 2.05 bits per heavy atom. The predicted octanol–water partition coefficient (Wildman–Crippen LogP) is 2.07. The zero-order valence-corrected chi connectivity index (χ0v) is 11.5. The number of H-pyrrole nitrogens is 1. The molecule has 0 saturated carbocycles. The smallest absolute Gasteiger partial charge is 0.279 e. The number of aromatic amines is 1. The molecule has 2 heterocycles. The van der Waals surface area contributed by atoms with Crippen LogP contribution < -0.4 is 4.72 Å². The van der Waals surface area contributed by atoms with Crippen LogP contribution in [0.3, 0.4) is 0 Å². The van der Waals surface area contributed by atoms with Crippen molar-refractivity contribution < 1.29 is 8.42 Å². The van der Waals surface area contributed by atoms with Crippen LogP contribution in [0.15, 0.2) is 47.9 Å². The summed E-state index contributed by atoms with van der Waals surface area (Å²) in [5, 5.41) is 1.71. The van der Waals surface area contributed by atoms with E-state index in [0.717, 1.165) is 10.8 Å². The molecule has 20 heavy (non-hydrogen) atoms. The highest BCUT2D eigenvalue weighted by Crippen LogP contribution is 2.24. The molecule has 7 heteroatoms. The third-order valence-corrected chi connectivity index (χ3v) is 4.17. The van der Waals surface area contributed by atoms with Gasteiger partial charge in [0, 0.05) is 23.2 Å². The van der Waals surface area contributed by atoms with Crippen LogP contribution in [0.4, 0.5) is 5.69 Å². The summed E-state index contributed by atoms with van der Waals surface area (Å²) in [4.78, 5) is 10.6. The van der Waals surface area contributed by atoms with E-state index >= 15 is 0 Å². The Hall–Kier alpha value is -2.41. The fourth-order valence-electron chi connectivity index (χ4n) is 1.95. The van der Waals surface area contributed by atoms with E-state index in [1.165, 1.54) is 6.20 Å². The van der Waals surface area contributed by atoms with Crippen LogP contribution in [-0.4, -0.2) is 23.4 Å². The Balaban J connectivity index is 2.05. The first-order valence-electron chi connectivity index (χ1n) is 5.93. The van der Waals surface area contributed by atoms with Gasteiger partial charge in [0.15, 0.2) is 5.03 Å². The van der Waals surface area contributed by atoms with E-state index in [9.17, 15) is 8.42 Å². The SMILES string of the molecule is Cc1ncc(S(=O)(=O)Nc2cccc3cnccc23)[nH]1. The van der Waals surface area contributed by atoms with Crippen molar-refractivity contribution in [2.75, 3.05) is 4.72 Å². The number of aryl methyl sites for hydroxylation is 1. The van der Waals surface area contributed by atoms with Crippen LogP contribution in [0.2, 0.25) is 0 Å². The molecule has 2 aromatic heterocycles. The van der Waals surface area contributed by atoms with E-state index in [1.807, 2.05) is 6.07 Å². The van der Waals surface area contributed by atoms with Crippen LogP contribution in [0.1, 0.15) is 5.82 Å². The number of anilines is 1. The van der Waals surface area contributed by atoms with E-state index in [4.69, 9.17) is 0 Å². The molecule has 0 atom stereocenters. The maximum Gasteiger partial charge on any atom is 0.279 e. The van der Waals surface area contributed by atoms with Gasteiger partial charge in [-0.25, -0.2) is 4.98 Å². The van der Waals surface area contributed by atoms with E-state index in [0.29, 0.717) is 11.5 Å². The Morgan fingerprint density at radius 1 is 1.20 bits per heavy atom. The summed E-state index contributed by atoms with van der Waals surface area (Å²) in [5.74, 6) is 0.549. The van der Waals surface area contributed by atoms with Crippen LogP contribution in [0.5, 0.6) is 0 Å². The zero-order valence-electron chi connectivity index (χ0n) is 10.7. The first-order chi connectivity index (χ1) is 9.56. The molecule has 3 rings (SSSR count). The number of hydrogen-bond donors (Lipinski definition) is 2. The minimum atomic E-state index is -3.67. The lowest BCUT2D eigenvalue weighted by atomic mass is 10.1. The molecule has 1 aromatic carbocycles. The lowest BCUT2D eigenvalue weighted by Gasteiger charge is -2.09. The summed E-state index contributed by atoms with van der Waals surface area (Å²) in [6.07, 6.45) is 4.61. The van der Waals surface area contributed by atoms with Gasteiger partial charge >= 0.3 is 0 Å². The van der Waals surface area contributed by atoms with Gasteiger partial charge in [-0.15, -0.1) is 0 Å². The summed E-state index contributed by atoms with van der Waals surface area (Å²) >= 11 is 0. The summed E-state index contributed by atoms with van der Waals surface area (Å²) in [6.45, 7) is 1.70. The summed E-state index contributed by atoms with van der Waals surface area (Å²) in [6, 6.07) is 7.13. The van der Waals surface area contributed by atoms with Gasteiger partial charge in [0.05, 0.1) is 11.9 Å². The number of nitrogens with one attached hydrogen (secondary N) is 2. The van der Waals surface area contributed by atoms with Crippen molar-refractivity contribution in [2.45, 2.75) is 11.9 Å². The number of nitrogens with zero attached hydrogens (tertiary/aromatic N) is 2. The van der Waals surface area contributed by atoms with Crippen LogP contribution in [0.25, 0.3) is 10.8 Å². The van der Waals surface area contributed by atoms with Crippen molar-refractivity contribution in [3.8, 4) is 0 Å². The molecule has 0 saturated heterocycles. The van der Waals surface area contributed by atoms with Crippen molar-refractivity contribution >= 4 is 26.5 Å². The third-order valence-electron chi connectivity index (χ3n) is 2.89. The van der Waals surface area contributed by atoms with E-state index < -0.39 is 10.0 Å². The lowest BCUT2D eigenvalue weighted by molar-refractivity contribution is 0.598. The number of pyridine rings is 1. The van der Waals surface area contributed by atoms with Crippen LogP contribution >= 0.6 is 0 Å². The Morgan fingerprint density at radius 3 is 2.80 bits per heavy atom. The van der Waals surface area contributed by atoms with Gasteiger partial charge in [0.2, 0.25) is 0 Å². The third kappa shape index (κ3) is 2.23. The highest BCUT2D eigenvalue weighted by atomic mass is 32.2. The average molecular weight is 288 g/mol. The fourth-order valence-corrected chi connectivity index (χ4v) is 3.00. The Kier molecular flexibility index (Phi) is 2.90. The molecular weight excluding hydrogens is 276 g/mol. The topological polar surface area (TPSA) is 87.7 Å². The van der Waals surface area contributed by atoms with Gasteiger partial charge in [-0.1, -0.05) is 12.1 Å². The standard InChI is InChI=1S/C13H12N4O2S/c1-9-15-8-13(16-9)20(18,19)17-12-4-2-3-10-7-14-6-5-11(10)12/h2-8,17H,1H3,(H,15,16). The Labute approximate surface area is 115 Å². The largest absolute Gasteiger partial charge is 0.332 e. The van der Waals surface area contributed by atoms with Gasteiger partial charge in [0.25, 0.3) is 10.0 Å². The lowest BCUT2D eigenvalue weighted by Crippen LogP contribution is -2.13. The molecule has 0 radical (unpaired) electrons. The molecule has 0 unspecified atom stereocenters. The summed E-state index contributed by atoms with van der Waals surface area (Å²) in [5.41, 5.74) is 0.511. The molecule has 102 valence electrons. The minimum absolute atomic E-state index is 0.0426. The van der Waals surface area contributed by atoms with Gasteiger partial charge in [0.1, 0.15) is 5.82 Å². The highest BCUT2D eigenvalue weighted by Gasteiger charge is 2.17. The van der Waals surface area contributed by atoms with Gasteiger partial charge in [-0.2, -0.15) is 8.42 Å². The molecule has 0 aliphatic carbocycles. The molecule has 0 bridgehead atoms. The second kappa shape index (κ2) is 4.61. The van der Waals surface area contributed by atoms with Crippen molar-refractivity contribution in [2.24, 2.45) is 0 Å². The highest BCUT2D eigenvalue weighted by molar-refractivity contribution is 7.92. The fraction of sp³-hybridized carbons (Fsp3) is 0.0769. The maximum absolute atomic E-state index is 12.3. The van der Waals surface area contributed by atoms with E-state index in [2.05, 4.69) is 19.7 Å². The van der Waals surface area contributed by atoms with Gasteiger partial charge in [-0.3, -0.25) is 9.71 Å². The molecule has 0 aliphatic heterocycles. The first-order valence-corrected chi connectivity index (χ1v) is 7.42. The second-order valence-electron chi connectivity index (χ2n) is 4.34. The van der Waals surface area contributed by atoms with Gasteiger partial charge < -0.3 is 4.98 Å². The minimum Gasteiger partial charge on any atom is -0.332 e. The van der Waals surface area contributed by atoms with Crippen molar-refractivity contribution in [1.82, 2.24) is 15.0 Å². The number of hydrogen-bond acceptors (Lipinski definition) is 4. The molecule has 3 aromatic rings. The summed E-state index contributed by atoms with van der Waals surface area (Å²) in [7, 11) is -3.67. The van der Waals surface area contributed by atoms with E-state index in [-0.39, 0.29) is 5.03 Å². The van der Waals surface area contributed by atoms with Crippen molar-refractivity contribution in [1.29, 1.82) is 0 Å². The second-order valence-corrected chi connectivity index (χ2v) is 5.99. The molecule has 0 aliphatic rings. The van der Waals surface area contributed by atoms with Crippen LogP contribution in [-0.2, 0) is 10.0 Å². The van der Waals surface area contributed by atoms with Crippen molar-refractivity contribution in [3.63, 3.8) is 0 Å². The maximum atomic E-state index is 12.3. The summed E-state index contributed by atoms with van der Waals surface area (Å²) < 4.78 is 27.1. The quantitative estimate of drug-likeness (QED) is 0.772. The number of rotatable bonds is 3. The number of benzene rings is 1. The number of sulfonamides is 1. The molecule has 0 spiro atoms. The zero-order chi connectivity index (χ0) is 14.2. The monoisotopic (exact) mass is 288 g/mol. The average Bonchev–Trinajstić information content (AvgIpc) is 2.86. The molecule has 2 N–H and O–H groups in total. The number of fused-ring (bicyclic) bond motifs is 1. The Bertz CT molecular complexity index is 865. The van der Waals surface area contributed by atoms with E-state index in [1.54, 1.807) is 37.5 Å². The molecule has 6 nitrogen and oxygen atoms in total. The van der Waals surface area contributed by atoms with Crippen molar-refractivity contribution in [3.05, 3.63) is 48.7 Å². The molecular formula is C13H12N4O2S. The predicted molar refractivity (Wildman–Crippen MR) is 75.9 cm³/mol. The molecule has 0 amide bonds. The van der Waals surface area contributed by atoms with Gasteiger partial charge in [-0.05, 0) is 19.1 Å². The van der Waals surface area contributed by atoms with Crippen LogP contribution in [0, 0.1) is 6.92 Å².